The number of benzene rings is 1. The van der Waals surface area contributed by atoms with Gasteiger partial charge in [0.25, 0.3) is 0 Å². The number of aliphatic hydroxyl groups excluding tert-OH is 1. The number of ether oxygens (including phenoxy) is 2. The van der Waals surface area contributed by atoms with Gasteiger partial charge in [0, 0.05) is 0 Å². The second-order valence-corrected chi connectivity index (χ2v) is 4.66. The zero-order chi connectivity index (χ0) is 16.0. The highest BCUT2D eigenvalue weighted by Crippen LogP contribution is 2.18. The fourth-order valence-electron chi connectivity index (χ4n) is 1.49. The molecule has 0 saturated carbocycles. The maximum absolute atomic E-state index is 10.9. The molecule has 0 radical (unpaired) electrons. The van der Waals surface area contributed by atoms with Gasteiger partial charge in [-0.25, -0.2) is 9.59 Å². The van der Waals surface area contributed by atoms with Crippen LogP contribution in [0.15, 0.2) is 18.2 Å². The van der Waals surface area contributed by atoms with Gasteiger partial charge in [-0.3, -0.25) is 0 Å². The van der Waals surface area contributed by atoms with Gasteiger partial charge in [0.2, 0.25) is 0 Å². The molecule has 7 heteroatoms. The molecule has 1 rings (SSSR count). The molecule has 0 spiro atoms. The molecule has 0 bridgehead atoms. The summed E-state index contributed by atoms with van der Waals surface area (Å²) in [5, 5.41) is 27.0. The Balaban J connectivity index is 2.74. The monoisotopic (exact) mass is 298 g/mol. The van der Waals surface area contributed by atoms with Gasteiger partial charge >= 0.3 is 11.9 Å². The van der Waals surface area contributed by atoms with Crippen LogP contribution in [0.2, 0.25) is 0 Å². The number of hydrogen-bond acceptors (Lipinski definition) is 5. The molecule has 2 unspecified atom stereocenters. The summed E-state index contributed by atoms with van der Waals surface area (Å²) >= 11 is 0. The highest BCUT2D eigenvalue weighted by atomic mass is 16.5. The van der Waals surface area contributed by atoms with E-state index >= 15 is 0 Å². The molecule has 116 valence electrons. The maximum Gasteiger partial charge on any atom is 0.335 e. The Bertz CT molecular complexity index is 478. The second kappa shape index (κ2) is 7.61. The highest BCUT2D eigenvalue weighted by molar-refractivity contribution is 5.94. The summed E-state index contributed by atoms with van der Waals surface area (Å²) in [4.78, 5) is 21.9. The zero-order valence-corrected chi connectivity index (χ0v) is 11.8. The molecule has 0 aliphatic carbocycles. The van der Waals surface area contributed by atoms with Crippen LogP contribution in [0.3, 0.4) is 0 Å². The van der Waals surface area contributed by atoms with E-state index in [-0.39, 0.29) is 36.2 Å². The summed E-state index contributed by atoms with van der Waals surface area (Å²) in [5.41, 5.74) is -0.329. The van der Waals surface area contributed by atoms with Crippen molar-refractivity contribution in [1.82, 2.24) is 0 Å². The van der Waals surface area contributed by atoms with E-state index < -0.39 is 18.0 Å². The van der Waals surface area contributed by atoms with E-state index in [1.807, 2.05) is 0 Å². The summed E-state index contributed by atoms with van der Waals surface area (Å²) < 4.78 is 10.6. The number of carbonyl (C=O) groups is 2. The Morgan fingerprint density at radius 3 is 2.00 bits per heavy atom. The first-order chi connectivity index (χ1) is 9.79. The molecule has 0 amide bonds. The Kier molecular flexibility index (Phi) is 6.13. The van der Waals surface area contributed by atoms with Gasteiger partial charge in [0.05, 0.1) is 29.9 Å². The number of carboxylic acids is 2. The van der Waals surface area contributed by atoms with Crippen LogP contribution in [0.4, 0.5) is 0 Å². The van der Waals surface area contributed by atoms with Crippen LogP contribution in [0.5, 0.6) is 5.75 Å². The SMILES string of the molecule is CC(O)COC(C)COc1cc(C(=O)O)cc(C(=O)O)c1. The maximum atomic E-state index is 10.9. The molecule has 0 fully saturated rings. The van der Waals surface area contributed by atoms with E-state index in [4.69, 9.17) is 24.8 Å². The molecule has 1 aromatic rings. The van der Waals surface area contributed by atoms with Crippen molar-refractivity contribution >= 4 is 11.9 Å². The summed E-state index contributed by atoms with van der Waals surface area (Å²) in [7, 11) is 0. The lowest BCUT2D eigenvalue weighted by atomic mass is 10.1. The standard InChI is InChI=1S/C14H18O7/c1-8(15)6-20-9(2)7-21-12-4-10(13(16)17)3-11(5-12)14(18)19/h3-5,8-9,15H,6-7H2,1-2H3,(H,16,17)(H,18,19). The summed E-state index contributed by atoms with van der Waals surface area (Å²) in [6.07, 6.45) is -0.928. The molecule has 7 nitrogen and oxygen atoms in total. The predicted molar refractivity (Wildman–Crippen MR) is 73.0 cm³/mol. The van der Waals surface area contributed by atoms with E-state index in [9.17, 15) is 9.59 Å². The molecule has 0 aromatic heterocycles. The Morgan fingerprint density at radius 1 is 1.05 bits per heavy atom. The van der Waals surface area contributed by atoms with Gasteiger partial charge < -0.3 is 24.8 Å². The smallest absolute Gasteiger partial charge is 0.335 e. The van der Waals surface area contributed by atoms with Crippen molar-refractivity contribution in [3.8, 4) is 5.75 Å². The average molecular weight is 298 g/mol. The predicted octanol–water partition coefficient (Wildman–Crippen LogP) is 1.25. The van der Waals surface area contributed by atoms with Crippen molar-refractivity contribution in [2.45, 2.75) is 26.1 Å². The molecule has 21 heavy (non-hydrogen) atoms. The first-order valence-electron chi connectivity index (χ1n) is 6.33. The van der Waals surface area contributed by atoms with Crippen molar-refractivity contribution in [3.05, 3.63) is 29.3 Å². The fraction of sp³-hybridized carbons (Fsp3) is 0.429. The molecule has 0 aliphatic rings. The van der Waals surface area contributed by atoms with Gasteiger partial charge in [-0.2, -0.15) is 0 Å². The Labute approximate surface area is 121 Å². The minimum atomic E-state index is -1.23. The quantitative estimate of drug-likeness (QED) is 0.661. The van der Waals surface area contributed by atoms with Crippen molar-refractivity contribution in [1.29, 1.82) is 0 Å². The van der Waals surface area contributed by atoms with E-state index in [1.54, 1.807) is 13.8 Å². The minimum absolute atomic E-state index is 0.106. The first kappa shape index (κ1) is 16.9. The number of hydrogen-bond donors (Lipinski definition) is 3. The van der Waals surface area contributed by atoms with Crippen LogP contribution in [0.25, 0.3) is 0 Å². The fourth-order valence-corrected chi connectivity index (χ4v) is 1.49. The Hall–Kier alpha value is -2.12. The van der Waals surface area contributed by atoms with E-state index in [2.05, 4.69) is 0 Å². The largest absolute Gasteiger partial charge is 0.491 e. The van der Waals surface area contributed by atoms with Crippen molar-refractivity contribution in [3.63, 3.8) is 0 Å². The van der Waals surface area contributed by atoms with Crippen molar-refractivity contribution < 1.29 is 34.4 Å². The average Bonchev–Trinajstić information content (AvgIpc) is 2.42. The normalized spacial score (nSPS) is 13.5. The van der Waals surface area contributed by atoms with Crippen LogP contribution in [-0.4, -0.2) is 52.7 Å². The lowest BCUT2D eigenvalue weighted by Crippen LogP contribution is -2.22. The molecule has 3 N–H and O–H groups in total. The van der Waals surface area contributed by atoms with Gasteiger partial charge in [0.1, 0.15) is 12.4 Å². The highest BCUT2D eigenvalue weighted by Gasteiger charge is 2.13. The molecule has 0 aliphatic heterocycles. The van der Waals surface area contributed by atoms with Crippen molar-refractivity contribution in [2.24, 2.45) is 0 Å². The topological polar surface area (TPSA) is 113 Å². The van der Waals surface area contributed by atoms with Crippen molar-refractivity contribution in [2.75, 3.05) is 13.2 Å². The van der Waals surface area contributed by atoms with Gasteiger partial charge in [-0.15, -0.1) is 0 Å². The van der Waals surface area contributed by atoms with Crippen LogP contribution in [0, 0.1) is 0 Å². The number of aliphatic hydroxyl groups is 1. The number of carboxylic acid groups (broad SMARTS) is 2. The molecule has 0 heterocycles. The zero-order valence-electron chi connectivity index (χ0n) is 11.8. The van der Waals surface area contributed by atoms with Gasteiger partial charge in [-0.1, -0.05) is 0 Å². The third kappa shape index (κ3) is 5.80. The third-order valence-corrected chi connectivity index (χ3v) is 2.51. The van der Waals surface area contributed by atoms with Gasteiger partial charge in [0.15, 0.2) is 0 Å². The summed E-state index contributed by atoms with van der Waals surface area (Å²) in [6.45, 7) is 3.57. The molecular formula is C14H18O7. The molecule has 0 saturated heterocycles. The van der Waals surface area contributed by atoms with Crippen LogP contribution in [-0.2, 0) is 4.74 Å². The lowest BCUT2D eigenvalue weighted by molar-refractivity contribution is -0.0132. The Morgan fingerprint density at radius 2 is 1.57 bits per heavy atom. The molecular weight excluding hydrogens is 280 g/mol. The second-order valence-electron chi connectivity index (χ2n) is 4.66. The third-order valence-electron chi connectivity index (χ3n) is 2.51. The van der Waals surface area contributed by atoms with E-state index in [0.717, 1.165) is 6.07 Å². The van der Waals surface area contributed by atoms with Gasteiger partial charge in [-0.05, 0) is 32.0 Å². The van der Waals surface area contributed by atoms with Crippen LogP contribution >= 0.6 is 0 Å². The minimum Gasteiger partial charge on any atom is -0.491 e. The van der Waals surface area contributed by atoms with E-state index in [1.165, 1.54) is 12.1 Å². The van der Waals surface area contributed by atoms with E-state index in [0.29, 0.717) is 0 Å². The summed E-state index contributed by atoms with van der Waals surface area (Å²) in [5.74, 6) is -2.33. The first-order valence-corrected chi connectivity index (χ1v) is 6.33. The molecule has 2 atom stereocenters. The number of aromatic carboxylic acids is 2. The number of rotatable bonds is 8. The summed E-state index contributed by atoms with van der Waals surface area (Å²) in [6, 6.07) is 3.55. The van der Waals surface area contributed by atoms with Crippen LogP contribution in [0.1, 0.15) is 34.6 Å². The molecule has 1 aromatic carbocycles. The van der Waals surface area contributed by atoms with Crippen LogP contribution < -0.4 is 4.74 Å². The lowest BCUT2D eigenvalue weighted by Gasteiger charge is -2.15.